The highest BCUT2D eigenvalue weighted by molar-refractivity contribution is 5.88. The van der Waals surface area contributed by atoms with Gasteiger partial charge in [-0.05, 0) is 18.1 Å². The van der Waals surface area contributed by atoms with E-state index in [1.165, 1.54) is 6.08 Å². The summed E-state index contributed by atoms with van der Waals surface area (Å²) in [6, 6.07) is 9.64. The number of hydrogen-bond donors (Lipinski definition) is 1. The minimum atomic E-state index is -0.234. The van der Waals surface area contributed by atoms with Gasteiger partial charge in [0, 0.05) is 13.0 Å². The molecule has 2 amide bonds. The second-order valence-electron chi connectivity index (χ2n) is 5.61. The lowest BCUT2D eigenvalue weighted by molar-refractivity contribution is -0.137. The maximum absolute atomic E-state index is 12.4. The quantitative estimate of drug-likeness (QED) is 0.817. The van der Waals surface area contributed by atoms with Crippen LogP contribution in [0.3, 0.4) is 0 Å². The molecule has 1 aromatic carbocycles. The lowest BCUT2D eigenvalue weighted by Crippen LogP contribution is -2.50. The predicted octanol–water partition coefficient (Wildman–Crippen LogP) is 2.06. The van der Waals surface area contributed by atoms with Crippen molar-refractivity contribution in [3.8, 4) is 0 Å². The molecule has 5 nitrogen and oxygen atoms in total. The molecule has 23 heavy (non-hydrogen) atoms. The van der Waals surface area contributed by atoms with Crippen LogP contribution in [0, 0.1) is 0 Å². The van der Waals surface area contributed by atoms with Gasteiger partial charge in [-0.25, -0.2) is 0 Å². The molecule has 0 aromatic heterocycles. The molecule has 1 saturated heterocycles. The maximum Gasteiger partial charge on any atom is 0.246 e. The summed E-state index contributed by atoms with van der Waals surface area (Å²) < 4.78 is 5.42. The second kappa shape index (κ2) is 8.48. The molecule has 0 bridgehead atoms. The molecule has 1 aliphatic rings. The molecule has 1 N–H and O–H groups in total. The number of amides is 2. The van der Waals surface area contributed by atoms with Crippen molar-refractivity contribution in [3.05, 3.63) is 48.6 Å². The van der Waals surface area contributed by atoms with Crippen molar-refractivity contribution >= 4 is 11.8 Å². The normalized spacial score (nSPS) is 19.0. The zero-order valence-corrected chi connectivity index (χ0v) is 13.5. The SMILES string of the molecule is C=CC(=O)N1CCOCC1CC(=O)N[C@@H](CC)c1ccccc1. The van der Waals surface area contributed by atoms with Crippen molar-refractivity contribution < 1.29 is 14.3 Å². The van der Waals surface area contributed by atoms with E-state index in [1.807, 2.05) is 37.3 Å². The minimum Gasteiger partial charge on any atom is -0.377 e. The van der Waals surface area contributed by atoms with Crippen LogP contribution in [0.5, 0.6) is 0 Å². The Hall–Kier alpha value is -2.14. The number of benzene rings is 1. The number of hydrogen-bond acceptors (Lipinski definition) is 3. The number of carbonyl (C=O) groups excluding carboxylic acids is 2. The van der Waals surface area contributed by atoms with Gasteiger partial charge < -0.3 is 15.0 Å². The molecule has 124 valence electrons. The molecule has 0 saturated carbocycles. The van der Waals surface area contributed by atoms with Gasteiger partial charge in [-0.1, -0.05) is 43.8 Å². The van der Waals surface area contributed by atoms with E-state index >= 15 is 0 Å². The Kier molecular flexibility index (Phi) is 6.35. The second-order valence-corrected chi connectivity index (χ2v) is 5.61. The van der Waals surface area contributed by atoms with Crippen LogP contribution in [-0.2, 0) is 14.3 Å². The van der Waals surface area contributed by atoms with Crippen LogP contribution in [0.1, 0.15) is 31.4 Å². The molecule has 1 heterocycles. The van der Waals surface area contributed by atoms with Crippen LogP contribution in [0.15, 0.2) is 43.0 Å². The first kappa shape index (κ1) is 17.2. The molecule has 5 heteroatoms. The van der Waals surface area contributed by atoms with Gasteiger partial charge in [0.2, 0.25) is 11.8 Å². The van der Waals surface area contributed by atoms with Crippen LogP contribution in [0.2, 0.25) is 0 Å². The summed E-state index contributed by atoms with van der Waals surface area (Å²) in [5.41, 5.74) is 1.09. The molecule has 2 atom stereocenters. The number of rotatable bonds is 6. The van der Waals surface area contributed by atoms with Crippen LogP contribution < -0.4 is 5.32 Å². The Labute approximate surface area is 137 Å². The molecule has 0 spiro atoms. The van der Waals surface area contributed by atoms with Gasteiger partial charge in [0.05, 0.1) is 25.3 Å². The fraction of sp³-hybridized carbons (Fsp3) is 0.444. The molecule has 1 unspecified atom stereocenters. The molecule has 1 aromatic rings. The number of carbonyl (C=O) groups is 2. The topological polar surface area (TPSA) is 58.6 Å². The summed E-state index contributed by atoms with van der Waals surface area (Å²) in [6.45, 7) is 6.94. The van der Waals surface area contributed by atoms with Crippen molar-refractivity contribution in [1.29, 1.82) is 0 Å². The smallest absolute Gasteiger partial charge is 0.246 e. The highest BCUT2D eigenvalue weighted by atomic mass is 16.5. The summed E-state index contributed by atoms with van der Waals surface area (Å²) in [4.78, 5) is 25.9. The monoisotopic (exact) mass is 316 g/mol. The van der Waals surface area contributed by atoms with Crippen LogP contribution in [-0.4, -0.2) is 42.5 Å². The van der Waals surface area contributed by atoms with Crippen molar-refractivity contribution in [3.63, 3.8) is 0 Å². The third kappa shape index (κ3) is 4.66. The third-order valence-electron chi connectivity index (χ3n) is 4.05. The molecular formula is C18H24N2O3. The van der Waals surface area contributed by atoms with E-state index in [0.717, 1.165) is 12.0 Å². The van der Waals surface area contributed by atoms with E-state index < -0.39 is 0 Å². The Morgan fingerprint density at radius 2 is 2.17 bits per heavy atom. The zero-order valence-electron chi connectivity index (χ0n) is 13.5. The van der Waals surface area contributed by atoms with E-state index in [4.69, 9.17) is 4.74 Å². The van der Waals surface area contributed by atoms with Crippen molar-refractivity contribution in [2.75, 3.05) is 19.8 Å². The highest BCUT2D eigenvalue weighted by Crippen LogP contribution is 2.17. The standard InChI is InChI=1S/C18H24N2O3/c1-3-16(14-8-6-5-7-9-14)19-17(21)12-15-13-23-11-10-20(15)18(22)4-2/h4-9,15-16H,2-3,10-13H2,1H3,(H,19,21)/t15?,16-/m0/s1. The first-order valence-corrected chi connectivity index (χ1v) is 8.00. The van der Waals surface area contributed by atoms with E-state index in [1.54, 1.807) is 4.90 Å². The van der Waals surface area contributed by atoms with Crippen LogP contribution >= 0.6 is 0 Å². The first-order chi connectivity index (χ1) is 11.2. The summed E-state index contributed by atoms with van der Waals surface area (Å²) in [6.07, 6.45) is 2.34. The van der Waals surface area contributed by atoms with E-state index in [2.05, 4.69) is 11.9 Å². The van der Waals surface area contributed by atoms with Gasteiger partial charge in [-0.15, -0.1) is 0 Å². The molecule has 0 radical (unpaired) electrons. The van der Waals surface area contributed by atoms with Crippen molar-refractivity contribution in [2.24, 2.45) is 0 Å². The fourth-order valence-corrected chi connectivity index (χ4v) is 2.81. The fourth-order valence-electron chi connectivity index (χ4n) is 2.81. The van der Waals surface area contributed by atoms with Gasteiger partial charge in [0.25, 0.3) is 0 Å². The Morgan fingerprint density at radius 1 is 1.43 bits per heavy atom. The van der Waals surface area contributed by atoms with Gasteiger partial charge in [-0.2, -0.15) is 0 Å². The maximum atomic E-state index is 12.4. The number of ether oxygens (including phenoxy) is 1. The average Bonchev–Trinajstić information content (AvgIpc) is 2.60. The van der Waals surface area contributed by atoms with Gasteiger partial charge in [-0.3, -0.25) is 9.59 Å². The molecule has 1 aliphatic heterocycles. The van der Waals surface area contributed by atoms with E-state index in [9.17, 15) is 9.59 Å². The summed E-state index contributed by atoms with van der Waals surface area (Å²) in [5.74, 6) is -0.223. The first-order valence-electron chi connectivity index (χ1n) is 8.00. The van der Waals surface area contributed by atoms with Crippen molar-refractivity contribution in [2.45, 2.75) is 31.8 Å². The van der Waals surface area contributed by atoms with Crippen molar-refractivity contribution in [1.82, 2.24) is 10.2 Å². The average molecular weight is 316 g/mol. The lowest BCUT2D eigenvalue weighted by Gasteiger charge is -2.34. The van der Waals surface area contributed by atoms with Crippen LogP contribution in [0.25, 0.3) is 0 Å². The predicted molar refractivity (Wildman–Crippen MR) is 88.8 cm³/mol. The highest BCUT2D eigenvalue weighted by Gasteiger charge is 2.28. The Morgan fingerprint density at radius 3 is 2.83 bits per heavy atom. The number of nitrogens with one attached hydrogen (secondary N) is 1. The summed E-state index contributed by atoms with van der Waals surface area (Å²) in [7, 11) is 0. The third-order valence-corrected chi connectivity index (χ3v) is 4.05. The largest absolute Gasteiger partial charge is 0.377 e. The number of nitrogens with zero attached hydrogens (tertiary/aromatic N) is 1. The van der Waals surface area contributed by atoms with Crippen LogP contribution in [0.4, 0.5) is 0 Å². The van der Waals surface area contributed by atoms with E-state index in [0.29, 0.717) is 19.8 Å². The molecule has 1 fully saturated rings. The minimum absolute atomic E-state index is 0.0169. The lowest BCUT2D eigenvalue weighted by atomic mass is 10.0. The summed E-state index contributed by atoms with van der Waals surface area (Å²) in [5, 5.41) is 3.05. The van der Waals surface area contributed by atoms with Gasteiger partial charge >= 0.3 is 0 Å². The molecular weight excluding hydrogens is 292 g/mol. The van der Waals surface area contributed by atoms with Gasteiger partial charge in [0.15, 0.2) is 0 Å². The Bertz CT molecular complexity index is 544. The number of morpholine rings is 1. The van der Waals surface area contributed by atoms with E-state index in [-0.39, 0.29) is 30.3 Å². The molecule has 2 rings (SSSR count). The molecule has 0 aliphatic carbocycles. The zero-order chi connectivity index (χ0) is 16.7. The Balaban J connectivity index is 1.97. The van der Waals surface area contributed by atoms with Gasteiger partial charge in [0.1, 0.15) is 0 Å². The summed E-state index contributed by atoms with van der Waals surface area (Å²) >= 11 is 0.